The molecule has 2 aromatic carbocycles. The van der Waals surface area contributed by atoms with E-state index in [0.717, 1.165) is 10.5 Å². The number of hydrogen-bond acceptors (Lipinski definition) is 6. The monoisotopic (exact) mass is 414 g/mol. The molecule has 0 bridgehead atoms. The van der Waals surface area contributed by atoms with Crippen LogP contribution in [0.4, 0.5) is 14.9 Å². The molecule has 9 heteroatoms. The number of benzene rings is 2. The van der Waals surface area contributed by atoms with E-state index < -0.39 is 12.1 Å². The van der Waals surface area contributed by atoms with Gasteiger partial charge in [-0.05, 0) is 56.2 Å². The summed E-state index contributed by atoms with van der Waals surface area (Å²) in [6, 6.07) is 11.7. The summed E-state index contributed by atoms with van der Waals surface area (Å²) in [7, 11) is 3.75. The number of nitrogens with one attached hydrogen (secondary N) is 3. The van der Waals surface area contributed by atoms with Crippen LogP contribution in [0.2, 0.25) is 0 Å². The van der Waals surface area contributed by atoms with Crippen LogP contribution in [0.25, 0.3) is 11.1 Å². The van der Waals surface area contributed by atoms with Gasteiger partial charge in [-0.1, -0.05) is 12.1 Å². The highest BCUT2D eigenvalue weighted by Gasteiger charge is 2.11. The zero-order valence-electron chi connectivity index (χ0n) is 16.2. The summed E-state index contributed by atoms with van der Waals surface area (Å²) in [5.74, 6) is -0.362. The van der Waals surface area contributed by atoms with Gasteiger partial charge in [0.05, 0.1) is 6.54 Å². The molecule has 0 saturated heterocycles. The van der Waals surface area contributed by atoms with Gasteiger partial charge in [0.15, 0.2) is 0 Å². The number of carbonyl (C=O) groups excluding carboxylic acids is 1. The molecule has 0 fully saturated rings. The third-order valence-corrected chi connectivity index (χ3v) is 4.30. The molecule has 28 heavy (non-hydrogen) atoms. The number of rotatable bonds is 8. The zero-order chi connectivity index (χ0) is 20.9. The van der Waals surface area contributed by atoms with Crippen LogP contribution in [-0.2, 0) is 4.89 Å². The summed E-state index contributed by atoms with van der Waals surface area (Å²) in [6.07, 6.45) is 1.27. The second-order valence-electron chi connectivity index (χ2n) is 5.78. The Morgan fingerprint density at radius 3 is 2.39 bits per heavy atom. The first-order chi connectivity index (χ1) is 13.4. The summed E-state index contributed by atoms with van der Waals surface area (Å²) in [6.45, 7) is 0.194. The Bertz CT molecular complexity index is 742. The van der Waals surface area contributed by atoms with Crippen molar-refractivity contribution in [2.75, 3.05) is 38.8 Å². The van der Waals surface area contributed by atoms with Crippen LogP contribution in [0, 0.1) is 5.82 Å². The second kappa shape index (κ2) is 12.9. The van der Waals surface area contributed by atoms with Gasteiger partial charge in [0.2, 0.25) is 0 Å². The summed E-state index contributed by atoms with van der Waals surface area (Å²) in [4.78, 5) is 16.0. The van der Waals surface area contributed by atoms with Crippen LogP contribution in [-0.4, -0.2) is 50.8 Å². The fourth-order valence-electron chi connectivity index (χ4n) is 2.22. The second-order valence-corrected chi connectivity index (χ2v) is 6.66. The minimum Gasteiger partial charge on any atom is -0.382 e. The summed E-state index contributed by atoms with van der Waals surface area (Å²) >= 11 is 1.63. The van der Waals surface area contributed by atoms with Gasteiger partial charge in [0, 0.05) is 25.5 Å². The van der Waals surface area contributed by atoms with Crippen molar-refractivity contribution >= 4 is 23.5 Å². The van der Waals surface area contributed by atoms with Crippen molar-refractivity contribution in [3.8, 4) is 11.1 Å². The van der Waals surface area contributed by atoms with Crippen molar-refractivity contribution in [3.05, 3.63) is 48.3 Å². The van der Waals surface area contributed by atoms with Crippen LogP contribution in [0.15, 0.2) is 47.4 Å². The fourth-order valence-corrected chi connectivity index (χ4v) is 2.63. The Morgan fingerprint density at radius 2 is 1.89 bits per heavy atom. The van der Waals surface area contributed by atoms with Gasteiger partial charge < -0.3 is 21.7 Å². The number of urea groups is 1. The zero-order valence-corrected chi connectivity index (χ0v) is 17.0. The Balaban J connectivity index is 0. The van der Waals surface area contributed by atoms with E-state index in [2.05, 4.69) is 20.8 Å². The van der Waals surface area contributed by atoms with E-state index in [1.807, 2.05) is 44.6 Å². The molecule has 6 N–H and O–H groups in total. The number of anilines is 1. The van der Waals surface area contributed by atoms with E-state index in [0.29, 0.717) is 11.3 Å². The van der Waals surface area contributed by atoms with Crippen LogP contribution in [0.1, 0.15) is 2.85 Å². The maximum atomic E-state index is 14.4. The summed E-state index contributed by atoms with van der Waals surface area (Å²) < 4.78 is 14.4. The number of carbonyl (C=O) groups is 1. The molecule has 0 aliphatic heterocycles. The van der Waals surface area contributed by atoms with E-state index in [1.54, 1.807) is 23.9 Å². The van der Waals surface area contributed by atoms with E-state index in [9.17, 15) is 9.18 Å². The molecule has 7 nitrogen and oxygen atoms in total. The summed E-state index contributed by atoms with van der Waals surface area (Å²) in [5.41, 5.74) is 6.78. The van der Waals surface area contributed by atoms with E-state index in [-0.39, 0.29) is 21.8 Å². The molecular formula is C19H31FN4O3S. The lowest BCUT2D eigenvalue weighted by Crippen LogP contribution is -2.39. The minimum atomic E-state index is -0.718. The first kappa shape index (κ1) is 23.7. The smallest absolute Gasteiger partial charge is 0.312 e. The van der Waals surface area contributed by atoms with Gasteiger partial charge in [-0.15, -0.1) is 11.8 Å². The lowest BCUT2D eigenvalue weighted by molar-refractivity contribution is -0.272. The number of amides is 2. The Labute approximate surface area is 171 Å². The van der Waals surface area contributed by atoms with Crippen molar-refractivity contribution in [2.24, 2.45) is 5.73 Å². The lowest BCUT2D eigenvalue weighted by Gasteiger charge is -2.15. The number of nitrogens with two attached hydrogens (primary N) is 1. The first-order valence-corrected chi connectivity index (χ1v) is 9.77. The lowest BCUT2D eigenvalue weighted by atomic mass is 10.0. The molecule has 0 heterocycles. The van der Waals surface area contributed by atoms with Crippen LogP contribution < -0.4 is 21.7 Å². The van der Waals surface area contributed by atoms with E-state index >= 15 is 0 Å². The van der Waals surface area contributed by atoms with Crippen molar-refractivity contribution in [3.63, 3.8) is 0 Å². The third kappa shape index (κ3) is 8.13. The predicted octanol–water partition coefficient (Wildman–Crippen LogP) is 3.48. The SMILES string of the molecule is CNC.CSc1ccc(-c2ccc(NC[C@H](CNC(N)=O)OO)cc2F)cc1.[HH].[HH]. The maximum Gasteiger partial charge on any atom is 0.312 e. The quantitative estimate of drug-likeness (QED) is 0.257. The Hall–Kier alpha value is -2.33. The van der Waals surface area contributed by atoms with E-state index in [1.165, 1.54) is 6.07 Å². The fraction of sp³-hybridized carbons (Fsp3) is 0.316. The van der Waals surface area contributed by atoms with Crippen molar-refractivity contribution in [2.45, 2.75) is 11.0 Å². The van der Waals surface area contributed by atoms with Gasteiger partial charge in [-0.2, -0.15) is 0 Å². The molecule has 2 rings (SSSR count). The molecule has 0 aromatic heterocycles. The van der Waals surface area contributed by atoms with Crippen LogP contribution in [0.3, 0.4) is 0 Å². The Kier molecular flexibility index (Phi) is 11.0. The number of thioether (sulfide) groups is 1. The highest BCUT2D eigenvalue weighted by molar-refractivity contribution is 7.98. The van der Waals surface area contributed by atoms with Gasteiger partial charge in [0.1, 0.15) is 11.9 Å². The largest absolute Gasteiger partial charge is 0.382 e. The van der Waals surface area contributed by atoms with Crippen LogP contribution >= 0.6 is 11.8 Å². The average Bonchev–Trinajstić information content (AvgIpc) is 2.69. The minimum absolute atomic E-state index is 0. The molecule has 0 saturated carbocycles. The molecule has 0 spiro atoms. The van der Waals surface area contributed by atoms with Crippen LogP contribution in [0.5, 0.6) is 0 Å². The van der Waals surface area contributed by atoms with Crippen molar-refractivity contribution in [1.82, 2.24) is 10.6 Å². The van der Waals surface area contributed by atoms with Crippen molar-refractivity contribution < 1.29 is 22.2 Å². The topological polar surface area (TPSA) is 109 Å². The summed E-state index contributed by atoms with van der Waals surface area (Å²) in [5, 5.41) is 16.8. The third-order valence-electron chi connectivity index (χ3n) is 3.56. The molecular weight excluding hydrogens is 383 g/mol. The average molecular weight is 415 g/mol. The van der Waals surface area contributed by atoms with Gasteiger partial charge in [-0.3, -0.25) is 5.26 Å². The van der Waals surface area contributed by atoms with Gasteiger partial charge in [-0.25, -0.2) is 14.1 Å². The molecule has 0 aliphatic rings. The number of primary amides is 1. The van der Waals surface area contributed by atoms with Crippen molar-refractivity contribution in [1.29, 1.82) is 0 Å². The van der Waals surface area contributed by atoms with Gasteiger partial charge >= 0.3 is 6.03 Å². The molecule has 1 atom stereocenters. The first-order valence-electron chi connectivity index (χ1n) is 8.55. The highest BCUT2D eigenvalue weighted by atomic mass is 32.2. The Morgan fingerprint density at radius 1 is 1.25 bits per heavy atom. The molecule has 2 amide bonds. The maximum absolute atomic E-state index is 14.4. The van der Waals surface area contributed by atoms with E-state index in [4.69, 9.17) is 11.0 Å². The molecule has 158 valence electrons. The molecule has 0 radical (unpaired) electrons. The molecule has 0 unspecified atom stereocenters. The number of hydrogen-bond donors (Lipinski definition) is 5. The standard InChI is InChI=1S/C17H20FN3O3S.C2H7N.2H2/c1-25-14-5-2-11(3-6-14)15-7-4-12(8-16(15)18)20-9-13(24-23)10-21-17(19)22;1-3-2;;/h2-8,13,20,23H,9-10H2,1H3,(H3,19,21,22);3H,1-2H3;2*1H/t13-;;;/m1.../s1. The molecule has 2 aromatic rings. The molecule has 0 aliphatic carbocycles. The highest BCUT2D eigenvalue weighted by Crippen LogP contribution is 2.27. The normalized spacial score (nSPS) is 11.2. The number of halogens is 1. The van der Waals surface area contributed by atoms with Gasteiger partial charge in [0.25, 0.3) is 0 Å². The predicted molar refractivity (Wildman–Crippen MR) is 116 cm³/mol.